The van der Waals surface area contributed by atoms with E-state index in [0.717, 1.165) is 19.5 Å². The second-order valence-corrected chi connectivity index (χ2v) is 7.56. The van der Waals surface area contributed by atoms with Crippen LogP contribution in [0.4, 0.5) is 11.4 Å². The summed E-state index contributed by atoms with van der Waals surface area (Å²) in [5.74, 6) is 0.192. The SMILES string of the molecule is CCCCS(=O)(=O)Nc1ccc(N2CCCCCC2)cc1. The van der Waals surface area contributed by atoms with Gasteiger partial charge in [-0.25, -0.2) is 8.42 Å². The molecule has 0 spiro atoms. The van der Waals surface area contributed by atoms with E-state index >= 15 is 0 Å². The van der Waals surface area contributed by atoms with Crippen molar-refractivity contribution < 1.29 is 8.42 Å². The molecule has 1 aliphatic heterocycles. The highest BCUT2D eigenvalue weighted by Crippen LogP contribution is 2.22. The Bertz CT molecular complexity index is 518. The van der Waals surface area contributed by atoms with Crippen molar-refractivity contribution in [3.05, 3.63) is 24.3 Å². The van der Waals surface area contributed by atoms with Gasteiger partial charge >= 0.3 is 0 Å². The van der Waals surface area contributed by atoms with Gasteiger partial charge in [-0.2, -0.15) is 0 Å². The van der Waals surface area contributed by atoms with Crippen LogP contribution in [0.3, 0.4) is 0 Å². The molecule has 0 atom stereocenters. The average Bonchev–Trinajstić information content (AvgIpc) is 2.75. The predicted octanol–water partition coefficient (Wildman–Crippen LogP) is 3.61. The molecule has 118 valence electrons. The van der Waals surface area contributed by atoms with Gasteiger partial charge in [0.25, 0.3) is 0 Å². The van der Waals surface area contributed by atoms with E-state index in [1.165, 1.54) is 31.4 Å². The van der Waals surface area contributed by atoms with Crippen LogP contribution in [0.2, 0.25) is 0 Å². The number of anilines is 2. The molecule has 0 radical (unpaired) electrons. The van der Waals surface area contributed by atoms with E-state index in [1.807, 2.05) is 31.2 Å². The number of sulfonamides is 1. The minimum absolute atomic E-state index is 0.192. The minimum Gasteiger partial charge on any atom is -0.372 e. The van der Waals surface area contributed by atoms with Gasteiger partial charge in [0.05, 0.1) is 5.75 Å². The van der Waals surface area contributed by atoms with Gasteiger partial charge in [0, 0.05) is 24.5 Å². The van der Waals surface area contributed by atoms with Crippen molar-refractivity contribution in [2.24, 2.45) is 0 Å². The predicted molar refractivity (Wildman–Crippen MR) is 89.4 cm³/mol. The lowest BCUT2D eigenvalue weighted by molar-refractivity contribution is 0.598. The summed E-state index contributed by atoms with van der Waals surface area (Å²) in [5, 5.41) is 0. The van der Waals surface area contributed by atoms with Crippen molar-refractivity contribution in [3.63, 3.8) is 0 Å². The summed E-state index contributed by atoms with van der Waals surface area (Å²) in [5.41, 5.74) is 1.85. The number of nitrogens with one attached hydrogen (secondary N) is 1. The Labute approximate surface area is 128 Å². The van der Waals surface area contributed by atoms with Gasteiger partial charge in [0.15, 0.2) is 0 Å². The summed E-state index contributed by atoms with van der Waals surface area (Å²) in [6.45, 7) is 4.19. The molecule has 1 aromatic carbocycles. The van der Waals surface area contributed by atoms with Crippen LogP contribution in [-0.2, 0) is 10.0 Å². The van der Waals surface area contributed by atoms with Crippen LogP contribution in [0.25, 0.3) is 0 Å². The smallest absolute Gasteiger partial charge is 0.232 e. The molecular formula is C16H26N2O2S. The van der Waals surface area contributed by atoms with E-state index in [0.29, 0.717) is 12.1 Å². The van der Waals surface area contributed by atoms with Crippen LogP contribution >= 0.6 is 0 Å². The summed E-state index contributed by atoms with van der Waals surface area (Å²) < 4.78 is 26.4. The molecule has 1 aliphatic rings. The fourth-order valence-corrected chi connectivity index (χ4v) is 3.90. The Kier molecular flexibility index (Phi) is 5.91. The van der Waals surface area contributed by atoms with Crippen LogP contribution < -0.4 is 9.62 Å². The van der Waals surface area contributed by atoms with Gasteiger partial charge in [0.2, 0.25) is 10.0 Å². The van der Waals surface area contributed by atoms with Gasteiger partial charge in [-0.3, -0.25) is 4.72 Å². The first-order chi connectivity index (χ1) is 10.1. The van der Waals surface area contributed by atoms with E-state index in [-0.39, 0.29) is 5.75 Å². The van der Waals surface area contributed by atoms with Crippen molar-refractivity contribution >= 4 is 21.4 Å². The quantitative estimate of drug-likeness (QED) is 0.873. The number of nitrogens with zero attached hydrogens (tertiary/aromatic N) is 1. The number of rotatable bonds is 6. The number of hydrogen-bond acceptors (Lipinski definition) is 3. The Morgan fingerprint density at radius 2 is 1.67 bits per heavy atom. The van der Waals surface area contributed by atoms with Gasteiger partial charge in [0.1, 0.15) is 0 Å². The maximum atomic E-state index is 11.9. The van der Waals surface area contributed by atoms with Crippen LogP contribution in [0, 0.1) is 0 Å². The fourth-order valence-electron chi connectivity index (χ4n) is 2.63. The highest BCUT2D eigenvalue weighted by molar-refractivity contribution is 7.92. The van der Waals surface area contributed by atoms with E-state index in [4.69, 9.17) is 0 Å². The average molecular weight is 310 g/mol. The number of hydrogen-bond donors (Lipinski definition) is 1. The summed E-state index contributed by atoms with van der Waals surface area (Å²) in [6.07, 6.45) is 6.68. The zero-order valence-corrected chi connectivity index (χ0v) is 13.7. The zero-order valence-electron chi connectivity index (χ0n) is 12.8. The largest absolute Gasteiger partial charge is 0.372 e. The lowest BCUT2D eigenvalue weighted by Crippen LogP contribution is -2.23. The molecule has 21 heavy (non-hydrogen) atoms. The molecule has 2 rings (SSSR count). The van der Waals surface area contributed by atoms with Crippen molar-refractivity contribution in [2.45, 2.75) is 45.4 Å². The van der Waals surface area contributed by atoms with Gasteiger partial charge in [-0.1, -0.05) is 26.2 Å². The zero-order chi connectivity index (χ0) is 15.1. The minimum atomic E-state index is -3.20. The second-order valence-electron chi connectivity index (χ2n) is 5.72. The normalized spacial score (nSPS) is 16.5. The lowest BCUT2D eigenvalue weighted by atomic mass is 10.2. The Balaban J connectivity index is 1.98. The van der Waals surface area contributed by atoms with E-state index in [9.17, 15) is 8.42 Å². The molecule has 1 saturated heterocycles. The van der Waals surface area contributed by atoms with Crippen molar-refractivity contribution in [1.82, 2.24) is 0 Å². The van der Waals surface area contributed by atoms with Crippen molar-refractivity contribution in [2.75, 3.05) is 28.5 Å². The third kappa shape index (κ3) is 5.23. The Morgan fingerprint density at radius 1 is 1.05 bits per heavy atom. The molecule has 0 aliphatic carbocycles. The summed E-state index contributed by atoms with van der Waals surface area (Å²) in [7, 11) is -3.20. The first-order valence-electron chi connectivity index (χ1n) is 7.96. The third-order valence-electron chi connectivity index (χ3n) is 3.88. The highest BCUT2D eigenvalue weighted by atomic mass is 32.2. The summed E-state index contributed by atoms with van der Waals surface area (Å²) in [6, 6.07) is 7.76. The second kappa shape index (κ2) is 7.69. The van der Waals surface area contributed by atoms with Crippen LogP contribution in [0.5, 0.6) is 0 Å². The molecular weight excluding hydrogens is 284 g/mol. The third-order valence-corrected chi connectivity index (χ3v) is 5.25. The molecule has 1 aromatic rings. The van der Waals surface area contributed by atoms with Gasteiger partial charge in [-0.05, 0) is 43.5 Å². The summed E-state index contributed by atoms with van der Waals surface area (Å²) >= 11 is 0. The molecule has 1 N–H and O–H groups in total. The molecule has 0 aromatic heterocycles. The molecule has 0 bridgehead atoms. The first kappa shape index (κ1) is 16.1. The molecule has 0 amide bonds. The van der Waals surface area contributed by atoms with Crippen LogP contribution in [-0.4, -0.2) is 27.3 Å². The number of unbranched alkanes of at least 4 members (excludes halogenated alkanes) is 1. The molecule has 5 heteroatoms. The van der Waals surface area contributed by atoms with E-state index < -0.39 is 10.0 Å². The molecule has 1 heterocycles. The fraction of sp³-hybridized carbons (Fsp3) is 0.625. The lowest BCUT2D eigenvalue weighted by Gasteiger charge is -2.22. The summed E-state index contributed by atoms with van der Waals surface area (Å²) in [4.78, 5) is 2.39. The van der Waals surface area contributed by atoms with E-state index in [1.54, 1.807) is 0 Å². The van der Waals surface area contributed by atoms with Crippen molar-refractivity contribution in [1.29, 1.82) is 0 Å². The Morgan fingerprint density at radius 3 is 2.24 bits per heavy atom. The first-order valence-corrected chi connectivity index (χ1v) is 9.61. The monoisotopic (exact) mass is 310 g/mol. The highest BCUT2D eigenvalue weighted by Gasteiger charge is 2.12. The van der Waals surface area contributed by atoms with Crippen LogP contribution in [0.1, 0.15) is 45.4 Å². The Hall–Kier alpha value is -1.23. The van der Waals surface area contributed by atoms with Crippen LogP contribution in [0.15, 0.2) is 24.3 Å². The molecule has 4 nitrogen and oxygen atoms in total. The van der Waals surface area contributed by atoms with Crippen molar-refractivity contribution in [3.8, 4) is 0 Å². The molecule has 0 unspecified atom stereocenters. The topological polar surface area (TPSA) is 49.4 Å². The standard InChI is InChI=1S/C16H26N2O2S/c1-2-3-14-21(19,20)17-15-8-10-16(11-9-15)18-12-6-4-5-7-13-18/h8-11,17H,2-7,12-14H2,1H3. The number of benzene rings is 1. The molecule has 0 saturated carbocycles. The van der Waals surface area contributed by atoms with E-state index in [2.05, 4.69) is 9.62 Å². The van der Waals surface area contributed by atoms with Gasteiger partial charge < -0.3 is 4.90 Å². The maximum Gasteiger partial charge on any atom is 0.232 e. The maximum absolute atomic E-state index is 11.9. The molecule has 1 fully saturated rings. The van der Waals surface area contributed by atoms with Gasteiger partial charge in [-0.15, -0.1) is 0 Å².